The molecule has 0 radical (unpaired) electrons. The SMILES string of the molecule is CCCN(Cc1cc(-c2ccc(-c3ncc[nH]3)cc2)ccc1C)c1nc(C)nc2ccccc12. The van der Waals surface area contributed by atoms with Crippen LogP contribution in [0.4, 0.5) is 5.82 Å². The summed E-state index contributed by atoms with van der Waals surface area (Å²) in [5.74, 6) is 2.70. The molecule has 5 heteroatoms. The van der Waals surface area contributed by atoms with Gasteiger partial charge in [0.15, 0.2) is 0 Å². The molecule has 5 nitrogen and oxygen atoms in total. The zero-order chi connectivity index (χ0) is 23.5. The predicted octanol–water partition coefficient (Wildman–Crippen LogP) is 6.72. The van der Waals surface area contributed by atoms with Crippen LogP contribution in [0.5, 0.6) is 0 Å². The van der Waals surface area contributed by atoms with Gasteiger partial charge in [-0.3, -0.25) is 0 Å². The Bertz CT molecular complexity index is 1400. The Morgan fingerprint density at radius 3 is 2.38 bits per heavy atom. The van der Waals surface area contributed by atoms with Gasteiger partial charge in [0.2, 0.25) is 0 Å². The van der Waals surface area contributed by atoms with Crippen molar-refractivity contribution in [3.05, 3.63) is 96.1 Å². The maximum Gasteiger partial charge on any atom is 0.140 e. The summed E-state index contributed by atoms with van der Waals surface area (Å²) in [7, 11) is 0. The van der Waals surface area contributed by atoms with Gasteiger partial charge in [0.1, 0.15) is 17.5 Å². The molecule has 170 valence electrons. The molecule has 1 N–H and O–H groups in total. The summed E-state index contributed by atoms with van der Waals surface area (Å²) in [5, 5.41) is 1.10. The number of aryl methyl sites for hydroxylation is 2. The van der Waals surface area contributed by atoms with Crippen LogP contribution in [0.25, 0.3) is 33.4 Å². The molecule has 0 saturated carbocycles. The van der Waals surface area contributed by atoms with E-state index in [1.165, 1.54) is 22.3 Å². The van der Waals surface area contributed by atoms with E-state index in [1.807, 2.05) is 19.2 Å². The van der Waals surface area contributed by atoms with Gasteiger partial charge in [-0.25, -0.2) is 15.0 Å². The molecule has 0 fully saturated rings. The van der Waals surface area contributed by atoms with Crippen LogP contribution in [0.3, 0.4) is 0 Å². The Kier molecular flexibility index (Phi) is 6.09. The highest BCUT2D eigenvalue weighted by Crippen LogP contribution is 2.29. The molecule has 0 unspecified atom stereocenters. The lowest BCUT2D eigenvalue weighted by Gasteiger charge is -2.26. The Hall–Kier alpha value is -3.99. The van der Waals surface area contributed by atoms with Gasteiger partial charge >= 0.3 is 0 Å². The van der Waals surface area contributed by atoms with Crippen molar-refractivity contribution in [1.82, 2.24) is 19.9 Å². The van der Waals surface area contributed by atoms with Gasteiger partial charge in [-0.15, -0.1) is 0 Å². The highest BCUT2D eigenvalue weighted by atomic mass is 15.2. The maximum atomic E-state index is 4.87. The molecule has 0 saturated heterocycles. The zero-order valence-electron chi connectivity index (χ0n) is 19.9. The minimum absolute atomic E-state index is 0.803. The van der Waals surface area contributed by atoms with Crippen LogP contribution in [0.15, 0.2) is 79.1 Å². The third-order valence-corrected chi connectivity index (χ3v) is 6.19. The molecule has 0 aliphatic heterocycles. The molecule has 0 aliphatic rings. The quantitative estimate of drug-likeness (QED) is 0.301. The topological polar surface area (TPSA) is 57.7 Å². The predicted molar refractivity (Wildman–Crippen MR) is 140 cm³/mol. The fraction of sp³-hybridized carbons (Fsp3) is 0.207. The van der Waals surface area contributed by atoms with Crippen molar-refractivity contribution in [3.8, 4) is 22.5 Å². The molecule has 0 amide bonds. The van der Waals surface area contributed by atoms with Gasteiger partial charge in [-0.1, -0.05) is 55.5 Å². The van der Waals surface area contributed by atoms with E-state index in [-0.39, 0.29) is 0 Å². The van der Waals surface area contributed by atoms with E-state index in [1.54, 1.807) is 6.20 Å². The molecule has 0 bridgehead atoms. The van der Waals surface area contributed by atoms with E-state index in [0.29, 0.717) is 0 Å². The van der Waals surface area contributed by atoms with Crippen molar-refractivity contribution in [2.45, 2.75) is 33.7 Å². The van der Waals surface area contributed by atoms with Gasteiger partial charge in [-0.05, 0) is 60.7 Å². The van der Waals surface area contributed by atoms with E-state index in [9.17, 15) is 0 Å². The van der Waals surface area contributed by atoms with Crippen molar-refractivity contribution in [2.75, 3.05) is 11.4 Å². The van der Waals surface area contributed by atoms with Crippen molar-refractivity contribution >= 4 is 16.7 Å². The van der Waals surface area contributed by atoms with E-state index in [2.05, 4.69) is 94.4 Å². The number of hydrogen-bond acceptors (Lipinski definition) is 4. The van der Waals surface area contributed by atoms with Crippen LogP contribution in [0.2, 0.25) is 0 Å². The molecule has 0 atom stereocenters. The van der Waals surface area contributed by atoms with E-state index < -0.39 is 0 Å². The summed E-state index contributed by atoms with van der Waals surface area (Å²) in [4.78, 5) is 19.4. The van der Waals surface area contributed by atoms with Crippen LogP contribution >= 0.6 is 0 Å². The second kappa shape index (κ2) is 9.48. The summed E-state index contributed by atoms with van der Waals surface area (Å²) in [6.45, 7) is 8.11. The molecular formula is C29H29N5. The Morgan fingerprint density at radius 2 is 1.62 bits per heavy atom. The van der Waals surface area contributed by atoms with Crippen molar-refractivity contribution in [3.63, 3.8) is 0 Å². The molecule has 2 aromatic heterocycles. The van der Waals surface area contributed by atoms with Crippen molar-refractivity contribution < 1.29 is 0 Å². The molecule has 0 spiro atoms. The number of nitrogens with one attached hydrogen (secondary N) is 1. The average molecular weight is 448 g/mol. The lowest BCUT2D eigenvalue weighted by molar-refractivity contribution is 0.752. The third-order valence-electron chi connectivity index (χ3n) is 6.19. The number of fused-ring (bicyclic) bond motifs is 1. The zero-order valence-corrected chi connectivity index (χ0v) is 19.9. The Labute approximate surface area is 200 Å². The second-order valence-electron chi connectivity index (χ2n) is 8.69. The van der Waals surface area contributed by atoms with E-state index in [0.717, 1.165) is 53.4 Å². The number of aromatic amines is 1. The van der Waals surface area contributed by atoms with Gasteiger partial charge < -0.3 is 9.88 Å². The smallest absolute Gasteiger partial charge is 0.140 e. The first-order chi connectivity index (χ1) is 16.6. The molecule has 0 aliphatic carbocycles. The first-order valence-corrected chi connectivity index (χ1v) is 11.8. The van der Waals surface area contributed by atoms with Gasteiger partial charge in [0.25, 0.3) is 0 Å². The standard InChI is InChI=1S/C29H29N5/c1-4-17-34(29-26-7-5-6-8-27(26)32-21(3)33-29)19-25-18-24(10-9-20(25)2)22-11-13-23(14-12-22)28-30-15-16-31-28/h5-16,18H,4,17,19H2,1-3H3,(H,30,31). The highest BCUT2D eigenvalue weighted by molar-refractivity contribution is 5.89. The fourth-order valence-corrected chi connectivity index (χ4v) is 4.41. The Morgan fingerprint density at radius 1 is 0.853 bits per heavy atom. The molecular weight excluding hydrogens is 418 g/mol. The largest absolute Gasteiger partial charge is 0.352 e. The van der Waals surface area contributed by atoms with E-state index in [4.69, 9.17) is 4.98 Å². The number of hydrogen-bond donors (Lipinski definition) is 1. The lowest BCUT2D eigenvalue weighted by Crippen LogP contribution is -2.25. The van der Waals surface area contributed by atoms with Gasteiger partial charge in [0, 0.05) is 36.4 Å². The maximum absolute atomic E-state index is 4.87. The number of aromatic nitrogens is 4. The lowest BCUT2D eigenvalue weighted by atomic mass is 9.98. The van der Waals surface area contributed by atoms with Crippen molar-refractivity contribution in [2.24, 2.45) is 0 Å². The minimum Gasteiger partial charge on any atom is -0.352 e. The second-order valence-corrected chi connectivity index (χ2v) is 8.69. The fourth-order valence-electron chi connectivity index (χ4n) is 4.41. The number of anilines is 1. The number of benzene rings is 3. The molecule has 2 heterocycles. The summed E-state index contributed by atoms with van der Waals surface area (Å²) < 4.78 is 0. The highest BCUT2D eigenvalue weighted by Gasteiger charge is 2.15. The first kappa shape index (κ1) is 21.8. The monoisotopic (exact) mass is 447 g/mol. The molecule has 3 aromatic carbocycles. The van der Waals surface area contributed by atoms with E-state index >= 15 is 0 Å². The molecule has 34 heavy (non-hydrogen) atoms. The summed E-state index contributed by atoms with van der Waals surface area (Å²) in [6.07, 6.45) is 4.67. The van der Waals surface area contributed by atoms with Gasteiger partial charge in [-0.2, -0.15) is 0 Å². The minimum atomic E-state index is 0.803. The number of rotatable bonds is 7. The average Bonchev–Trinajstić information content (AvgIpc) is 3.40. The molecule has 5 aromatic rings. The normalized spacial score (nSPS) is 11.1. The van der Waals surface area contributed by atoms with Crippen molar-refractivity contribution in [1.29, 1.82) is 0 Å². The van der Waals surface area contributed by atoms with Gasteiger partial charge in [0.05, 0.1) is 5.52 Å². The summed E-state index contributed by atoms with van der Waals surface area (Å²) >= 11 is 0. The van der Waals surface area contributed by atoms with Crippen LogP contribution in [-0.2, 0) is 6.54 Å². The summed E-state index contributed by atoms with van der Waals surface area (Å²) in [5.41, 5.74) is 7.08. The van der Waals surface area contributed by atoms with Crippen LogP contribution in [0, 0.1) is 13.8 Å². The molecule has 5 rings (SSSR count). The number of H-pyrrole nitrogens is 1. The van der Waals surface area contributed by atoms with Crippen LogP contribution < -0.4 is 4.90 Å². The number of para-hydroxylation sites is 1. The van der Waals surface area contributed by atoms with Crippen LogP contribution in [-0.4, -0.2) is 26.5 Å². The third kappa shape index (κ3) is 4.42. The van der Waals surface area contributed by atoms with Crippen LogP contribution in [0.1, 0.15) is 30.3 Å². The first-order valence-electron chi connectivity index (χ1n) is 11.8. The number of nitrogens with zero attached hydrogens (tertiary/aromatic N) is 4. The summed E-state index contributed by atoms with van der Waals surface area (Å²) in [6, 6.07) is 23.6. The Balaban J connectivity index is 1.48. The number of imidazole rings is 1.